The Labute approximate surface area is 126 Å². The van der Waals surface area contributed by atoms with Crippen molar-refractivity contribution in [2.24, 2.45) is 5.73 Å². The summed E-state index contributed by atoms with van der Waals surface area (Å²) in [6.45, 7) is 5.23. The molecule has 0 aliphatic carbocycles. The minimum Gasteiger partial charge on any atom is -0.333 e. The van der Waals surface area contributed by atoms with Gasteiger partial charge < -0.3 is 10.6 Å². The lowest BCUT2D eigenvalue weighted by Crippen LogP contribution is -2.43. The monoisotopic (exact) mass is 285 g/mol. The lowest BCUT2D eigenvalue weighted by molar-refractivity contribution is 0.0670. The van der Waals surface area contributed by atoms with Crippen molar-refractivity contribution in [2.75, 3.05) is 13.1 Å². The van der Waals surface area contributed by atoms with Crippen LogP contribution in [-0.2, 0) is 0 Å². The minimum atomic E-state index is -0.0223. The van der Waals surface area contributed by atoms with Gasteiger partial charge in [0.1, 0.15) is 5.69 Å². The van der Waals surface area contributed by atoms with E-state index in [2.05, 4.69) is 18.8 Å². The molecular weight excluding hydrogens is 262 g/mol. The maximum absolute atomic E-state index is 12.9. The number of hydrogen-bond acceptors (Lipinski definition) is 3. The van der Waals surface area contributed by atoms with E-state index in [0.29, 0.717) is 18.8 Å². The van der Waals surface area contributed by atoms with E-state index in [1.54, 1.807) is 6.20 Å². The zero-order valence-electron chi connectivity index (χ0n) is 12.7. The zero-order valence-corrected chi connectivity index (χ0v) is 12.7. The second-order valence-electron chi connectivity index (χ2n) is 5.14. The third-order valence-electron chi connectivity index (χ3n) is 3.89. The zero-order chi connectivity index (χ0) is 15.2. The van der Waals surface area contributed by atoms with Crippen molar-refractivity contribution >= 4 is 16.7 Å². The summed E-state index contributed by atoms with van der Waals surface area (Å²) < 4.78 is 0. The second-order valence-corrected chi connectivity index (χ2v) is 5.14. The van der Waals surface area contributed by atoms with Crippen LogP contribution in [0.4, 0.5) is 0 Å². The van der Waals surface area contributed by atoms with Gasteiger partial charge in [0.2, 0.25) is 0 Å². The van der Waals surface area contributed by atoms with Crippen molar-refractivity contribution < 1.29 is 4.79 Å². The van der Waals surface area contributed by atoms with E-state index >= 15 is 0 Å². The van der Waals surface area contributed by atoms with Gasteiger partial charge in [-0.15, -0.1) is 0 Å². The molecule has 0 aliphatic rings. The summed E-state index contributed by atoms with van der Waals surface area (Å²) in [5.41, 5.74) is 6.21. The van der Waals surface area contributed by atoms with Crippen LogP contribution in [0.15, 0.2) is 36.5 Å². The lowest BCUT2D eigenvalue weighted by Gasteiger charge is -2.30. The Morgan fingerprint density at radius 2 is 1.95 bits per heavy atom. The predicted molar refractivity (Wildman–Crippen MR) is 86.2 cm³/mol. The maximum Gasteiger partial charge on any atom is 0.273 e. The molecule has 0 radical (unpaired) electrons. The van der Waals surface area contributed by atoms with Gasteiger partial charge >= 0.3 is 0 Å². The number of aromatic nitrogens is 1. The normalized spacial score (nSPS) is 11.0. The maximum atomic E-state index is 12.9. The van der Waals surface area contributed by atoms with Crippen LogP contribution in [0.1, 0.15) is 37.2 Å². The van der Waals surface area contributed by atoms with Gasteiger partial charge in [-0.1, -0.05) is 38.1 Å². The Kier molecular flexibility index (Phi) is 5.28. The Balaban J connectivity index is 2.43. The van der Waals surface area contributed by atoms with Crippen molar-refractivity contribution in [3.05, 3.63) is 42.2 Å². The first kappa shape index (κ1) is 15.4. The van der Waals surface area contributed by atoms with Crippen LogP contribution in [-0.4, -0.2) is 34.9 Å². The van der Waals surface area contributed by atoms with Crippen molar-refractivity contribution in [1.82, 2.24) is 9.88 Å². The molecule has 1 aromatic heterocycles. The molecule has 2 aromatic rings. The smallest absolute Gasteiger partial charge is 0.273 e. The van der Waals surface area contributed by atoms with Crippen LogP contribution in [0.2, 0.25) is 0 Å². The highest BCUT2D eigenvalue weighted by Crippen LogP contribution is 2.20. The molecular formula is C17H23N3O. The fourth-order valence-electron chi connectivity index (χ4n) is 2.74. The molecule has 2 N–H and O–H groups in total. The third-order valence-corrected chi connectivity index (χ3v) is 3.89. The van der Waals surface area contributed by atoms with Crippen LogP contribution in [0, 0.1) is 0 Å². The lowest BCUT2D eigenvalue weighted by atomic mass is 10.1. The quantitative estimate of drug-likeness (QED) is 0.888. The molecule has 0 fully saturated rings. The summed E-state index contributed by atoms with van der Waals surface area (Å²) in [4.78, 5) is 19.1. The third kappa shape index (κ3) is 3.22. The van der Waals surface area contributed by atoms with Gasteiger partial charge in [0.25, 0.3) is 5.91 Å². The molecule has 0 spiro atoms. The Morgan fingerprint density at radius 3 is 2.62 bits per heavy atom. The van der Waals surface area contributed by atoms with E-state index in [9.17, 15) is 4.79 Å². The standard InChI is InChI=1S/C17H23N3O/c1-3-14(4-2)20(12-10-18)17(21)16-15-8-6-5-7-13(15)9-11-19-16/h5-9,11,14H,3-4,10,12,18H2,1-2H3. The number of hydrogen-bond donors (Lipinski definition) is 1. The number of carbonyl (C=O) groups is 1. The molecule has 0 atom stereocenters. The van der Waals surface area contributed by atoms with Gasteiger partial charge in [-0.2, -0.15) is 0 Å². The van der Waals surface area contributed by atoms with Crippen LogP contribution < -0.4 is 5.73 Å². The van der Waals surface area contributed by atoms with Crippen molar-refractivity contribution in [1.29, 1.82) is 0 Å². The van der Waals surface area contributed by atoms with E-state index in [0.717, 1.165) is 23.6 Å². The van der Waals surface area contributed by atoms with E-state index in [-0.39, 0.29) is 11.9 Å². The molecule has 112 valence electrons. The Morgan fingerprint density at radius 1 is 1.24 bits per heavy atom. The van der Waals surface area contributed by atoms with Crippen molar-refractivity contribution in [3.8, 4) is 0 Å². The summed E-state index contributed by atoms with van der Waals surface area (Å²) >= 11 is 0. The highest BCUT2D eigenvalue weighted by Gasteiger charge is 2.24. The number of fused-ring (bicyclic) bond motifs is 1. The van der Waals surface area contributed by atoms with Crippen LogP contribution >= 0.6 is 0 Å². The molecule has 1 amide bonds. The fourth-order valence-corrected chi connectivity index (χ4v) is 2.74. The summed E-state index contributed by atoms with van der Waals surface area (Å²) in [6, 6.07) is 9.99. The fraction of sp³-hybridized carbons (Fsp3) is 0.412. The SMILES string of the molecule is CCC(CC)N(CCN)C(=O)c1nccc2ccccc12. The number of amides is 1. The average Bonchev–Trinajstić information content (AvgIpc) is 2.54. The van der Waals surface area contributed by atoms with Crippen LogP contribution in [0.5, 0.6) is 0 Å². The van der Waals surface area contributed by atoms with E-state index in [1.807, 2.05) is 35.2 Å². The molecule has 0 aliphatic heterocycles. The van der Waals surface area contributed by atoms with Crippen molar-refractivity contribution in [2.45, 2.75) is 32.7 Å². The molecule has 4 nitrogen and oxygen atoms in total. The van der Waals surface area contributed by atoms with Crippen LogP contribution in [0.3, 0.4) is 0 Å². The Bertz CT molecular complexity index is 603. The number of pyridine rings is 1. The summed E-state index contributed by atoms with van der Waals surface area (Å²) in [5.74, 6) is -0.0223. The molecule has 1 aromatic carbocycles. The molecule has 4 heteroatoms. The number of carbonyl (C=O) groups excluding carboxylic acids is 1. The molecule has 0 bridgehead atoms. The highest BCUT2D eigenvalue weighted by atomic mass is 16.2. The first-order valence-corrected chi connectivity index (χ1v) is 7.57. The molecule has 21 heavy (non-hydrogen) atoms. The van der Waals surface area contributed by atoms with Gasteiger partial charge in [-0.3, -0.25) is 9.78 Å². The number of nitrogens with zero attached hydrogens (tertiary/aromatic N) is 2. The summed E-state index contributed by atoms with van der Waals surface area (Å²) in [7, 11) is 0. The highest BCUT2D eigenvalue weighted by molar-refractivity contribution is 6.05. The van der Waals surface area contributed by atoms with E-state index in [1.165, 1.54) is 0 Å². The van der Waals surface area contributed by atoms with Gasteiger partial charge in [-0.25, -0.2) is 0 Å². The second kappa shape index (κ2) is 7.18. The van der Waals surface area contributed by atoms with Gasteiger partial charge in [0.15, 0.2) is 0 Å². The first-order valence-electron chi connectivity index (χ1n) is 7.57. The first-order chi connectivity index (χ1) is 10.2. The van der Waals surface area contributed by atoms with Crippen LogP contribution in [0.25, 0.3) is 10.8 Å². The summed E-state index contributed by atoms with van der Waals surface area (Å²) in [6.07, 6.45) is 3.54. The molecule has 1 heterocycles. The molecule has 0 saturated heterocycles. The number of benzene rings is 1. The summed E-state index contributed by atoms with van der Waals surface area (Å²) in [5, 5.41) is 1.94. The van der Waals surface area contributed by atoms with Gasteiger partial charge in [0, 0.05) is 30.7 Å². The number of rotatable bonds is 6. The predicted octanol–water partition coefficient (Wildman–Crippen LogP) is 2.82. The van der Waals surface area contributed by atoms with E-state index < -0.39 is 0 Å². The van der Waals surface area contributed by atoms with Gasteiger partial charge in [-0.05, 0) is 24.3 Å². The minimum absolute atomic E-state index is 0.0223. The largest absolute Gasteiger partial charge is 0.333 e. The van der Waals surface area contributed by atoms with E-state index in [4.69, 9.17) is 5.73 Å². The average molecular weight is 285 g/mol. The number of nitrogens with two attached hydrogens (primary N) is 1. The molecule has 0 unspecified atom stereocenters. The Hall–Kier alpha value is -1.94. The molecule has 2 rings (SSSR count). The van der Waals surface area contributed by atoms with Gasteiger partial charge in [0.05, 0.1) is 0 Å². The van der Waals surface area contributed by atoms with Crippen molar-refractivity contribution in [3.63, 3.8) is 0 Å². The molecule has 0 saturated carbocycles. The topological polar surface area (TPSA) is 59.2 Å².